The molecular weight excluding hydrogens is 421 g/mol. The zero-order chi connectivity index (χ0) is 19.8. The van der Waals surface area contributed by atoms with Gasteiger partial charge in [-0.15, -0.1) is 10.2 Å². The molecule has 1 amide bonds. The standard InChI is InChI=1S/C18H13Cl2N5O2S/c1-9-22-23-18-25(9)24-17(28-18)10-3-6-15(27-2)14(7-10)21-16(26)12-8-11(19)4-5-13(12)20/h3-8H,1-2H3,(H,21,26). The first-order valence-electron chi connectivity index (χ1n) is 8.10. The molecule has 142 valence electrons. The van der Waals surface area contributed by atoms with Crippen LogP contribution in [0.25, 0.3) is 15.5 Å². The summed E-state index contributed by atoms with van der Waals surface area (Å²) >= 11 is 13.5. The lowest BCUT2D eigenvalue weighted by atomic mass is 10.1. The molecule has 28 heavy (non-hydrogen) atoms. The number of nitrogens with one attached hydrogen (secondary N) is 1. The zero-order valence-electron chi connectivity index (χ0n) is 14.7. The van der Waals surface area contributed by atoms with Gasteiger partial charge in [-0.05, 0) is 43.3 Å². The molecule has 1 N–H and O–H groups in total. The summed E-state index contributed by atoms with van der Waals surface area (Å²) in [5.41, 5.74) is 1.57. The molecule has 0 bridgehead atoms. The Morgan fingerprint density at radius 3 is 2.75 bits per heavy atom. The minimum absolute atomic E-state index is 0.274. The lowest BCUT2D eigenvalue weighted by Crippen LogP contribution is -2.13. The Bertz CT molecular complexity index is 1200. The molecule has 0 unspecified atom stereocenters. The number of aryl methyl sites for hydroxylation is 1. The molecular formula is C18H13Cl2N5O2S. The van der Waals surface area contributed by atoms with E-state index in [-0.39, 0.29) is 5.56 Å². The number of nitrogens with zero attached hydrogens (tertiary/aromatic N) is 4. The first-order chi connectivity index (χ1) is 13.5. The van der Waals surface area contributed by atoms with Crippen molar-refractivity contribution in [2.45, 2.75) is 6.92 Å². The molecule has 0 saturated carbocycles. The maximum atomic E-state index is 12.7. The number of hydrogen-bond donors (Lipinski definition) is 1. The van der Waals surface area contributed by atoms with E-state index in [2.05, 4.69) is 20.6 Å². The fourth-order valence-electron chi connectivity index (χ4n) is 2.63. The highest BCUT2D eigenvalue weighted by Gasteiger charge is 2.16. The molecule has 4 aromatic rings. The number of carbonyl (C=O) groups excluding carboxylic acids is 1. The summed E-state index contributed by atoms with van der Waals surface area (Å²) in [5, 5.41) is 16.9. The number of ether oxygens (including phenoxy) is 1. The summed E-state index contributed by atoms with van der Waals surface area (Å²) in [6, 6.07) is 10.1. The van der Waals surface area contributed by atoms with Crippen LogP contribution in [0.4, 0.5) is 5.69 Å². The van der Waals surface area contributed by atoms with Gasteiger partial charge in [-0.2, -0.15) is 9.61 Å². The van der Waals surface area contributed by atoms with Crippen LogP contribution in [0.2, 0.25) is 10.0 Å². The van der Waals surface area contributed by atoms with E-state index in [1.54, 1.807) is 28.8 Å². The smallest absolute Gasteiger partial charge is 0.257 e. The first-order valence-corrected chi connectivity index (χ1v) is 9.67. The molecule has 0 aliphatic rings. The number of rotatable bonds is 4. The third-order valence-corrected chi connectivity index (χ3v) is 5.53. The quantitative estimate of drug-likeness (QED) is 0.502. The largest absolute Gasteiger partial charge is 0.495 e. The van der Waals surface area contributed by atoms with Crippen LogP contribution in [0.3, 0.4) is 0 Å². The van der Waals surface area contributed by atoms with Crippen LogP contribution in [-0.2, 0) is 0 Å². The molecule has 0 spiro atoms. The first kappa shape index (κ1) is 18.7. The van der Waals surface area contributed by atoms with Crippen molar-refractivity contribution in [1.82, 2.24) is 19.8 Å². The van der Waals surface area contributed by atoms with Gasteiger partial charge in [0, 0.05) is 10.6 Å². The second-order valence-corrected chi connectivity index (χ2v) is 7.64. The van der Waals surface area contributed by atoms with Gasteiger partial charge >= 0.3 is 0 Å². The van der Waals surface area contributed by atoms with Gasteiger partial charge < -0.3 is 10.1 Å². The van der Waals surface area contributed by atoms with Gasteiger partial charge in [-0.1, -0.05) is 34.5 Å². The van der Waals surface area contributed by atoms with Gasteiger partial charge in [-0.25, -0.2) is 0 Å². The third-order valence-electron chi connectivity index (χ3n) is 4.01. The van der Waals surface area contributed by atoms with Crippen molar-refractivity contribution >= 4 is 51.1 Å². The Balaban J connectivity index is 1.70. The van der Waals surface area contributed by atoms with Crippen LogP contribution in [0.5, 0.6) is 5.75 Å². The van der Waals surface area contributed by atoms with Gasteiger partial charge in [0.05, 0.1) is 23.4 Å². The molecule has 0 radical (unpaired) electrons. The van der Waals surface area contributed by atoms with E-state index >= 15 is 0 Å². The van der Waals surface area contributed by atoms with Gasteiger partial charge in [0.15, 0.2) is 5.82 Å². The van der Waals surface area contributed by atoms with E-state index in [9.17, 15) is 4.79 Å². The van der Waals surface area contributed by atoms with Crippen molar-refractivity contribution in [3.05, 3.63) is 57.8 Å². The predicted molar refractivity (Wildman–Crippen MR) is 110 cm³/mol. The number of methoxy groups -OCH3 is 1. The van der Waals surface area contributed by atoms with Crippen molar-refractivity contribution in [2.24, 2.45) is 0 Å². The Hall–Kier alpha value is -2.68. The number of benzene rings is 2. The monoisotopic (exact) mass is 433 g/mol. The lowest BCUT2D eigenvalue weighted by molar-refractivity contribution is 0.102. The van der Waals surface area contributed by atoms with Crippen LogP contribution in [0.1, 0.15) is 16.2 Å². The fraction of sp³-hybridized carbons (Fsp3) is 0.111. The topological polar surface area (TPSA) is 81.4 Å². The van der Waals surface area contributed by atoms with Gasteiger partial charge in [0.25, 0.3) is 5.91 Å². The molecule has 0 fully saturated rings. The van der Waals surface area contributed by atoms with Gasteiger partial charge in [0.2, 0.25) is 4.96 Å². The van der Waals surface area contributed by atoms with Crippen LogP contribution in [0, 0.1) is 6.92 Å². The van der Waals surface area contributed by atoms with Crippen LogP contribution >= 0.6 is 34.5 Å². The maximum Gasteiger partial charge on any atom is 0.257 e. The number of carbonyl (C=O) groups is 1. The molecule has 0 aliphatic heterocycles. The van der Waals surface area contributed by atoms with E-state index in [1.165, 1.54) is 24.5 Å². The summed E-state index contributed by atoms with van der Waals surface area (Å²) in [7, 11) is 1.53. The van der Waals surface area contributed by atoms with Crippen LogP contribution in [-0.4, -0.2) is 32.8 Å². The fourth-order valence-corrected chi connectivity index (χ4v) is 3.89. The highest BCUT2D eigenvalue weighted by atomic mass is 35.5. The van der Waals surface area contributed by atoms with E-state index in [0.717, 1.165) is 10.6 Å². The minimum Gasteiger partial charge on any atom is -0.495 e. The summed E-state index contributed by atoms with van der Waals surface area (Å²) in [5.74, 6) is 0.821. The highest BCUT2D eigenvalue weighted by Crippen LogP contribution is 2.33. The molecule has 2 heterocycles. The minimum atomic E-state index is -0.392. The van der Waals surface area contributed by atoms with Crippen LogP contribution < -0.4 is 10.1 Å². The molecule has 0 aliphatic carbocycles. The molecule has 0 saturated heterocycles. The predicted octanol–water partition coefficient (Wildman–Crippen LogP) is 4.73. The van der Waals surface area contributed by atoms with Crippen molar-refractivity contribution in [3.63, 3.8) is 0 Å². The molecule has 0 atom stereocenters. The third kappa shape index (κ3) is 3.42. The lowest BCUT2D eigenvalue weighted by Gasteiger charge is -2.12. The molecule has 4 rings (SSSR count). The Labute approximate surface area is 173 Å². The molecule has 2 aromatic heterocycles. The summed E-state index contributed by atoms with van der Waals surface area (Å²) in [6.45, 7) is 1.83. The van der Waals surface area contributed by atoms with Crippen molar-refractivity contribution < 1.29 is 9.53 Å². The molecule has 7 nitrogen and oxygen atoms in total. The maximum absolute atomic E-state index is 12.7. The van der Waals surface area contributed by atoms with E-state index in [0.29, 0.717) is 32.3 Å². The Kier molecular flexibility index (Phi) is 4.92. The second kappa shape index (κ2) is 7.38. The van der Waals surface area contributed by atoms with Crippen molar-refractivity contribution in [2.75, 3.05) is 12.4 Å². The average molecular weight is 434 g/mol. The van der Waals surface area contributed by atoms with E-state index in [1.807, 2.05) is 13.0 Å². The summed E-state index contributed by atoms with van der Waals surface area (Å²) in [6.07, 6.45) is 0. The number of halogens is 2. The summed E-state index contributed by atoms with van der Waals surface area (Å²) in [4.78, 5) is 13.4. The zero-order valence-corrected chi connectivity index (χ0v) is 17.1. The highest BCUT2D eigenvalue weighted by molar-refractivity contribution is 7.19. The van der Waals surface area contributed by atoms with Crippen LogP contribution in [0.15, 0.2) is 36.4 Å². The second-order valence-electron chi connectivity index (χ2n) is 5.84. The van der Waals surface area contributed by atoms with Gasteiger partial charge in [-0.3, -0.25) is 4.79 Å². The van der Waals surface area contributed by atoms with E-state index < -0.39 is 5.91 Å². The average Bonchev–Trinajstić information content (AvgIpc) is 3.26. The normalized spacial score (nSPS) is 11.0. The number of fused-ring (bicyclic) bond motifs is 1. The number of anilines is 1. The number of aromatic nitrogens is 4. The number of hydrogen-bond acceptors (Lipinski definition) is 6. The SMILES string of the molecule is COc1ccc(-c2nn3c(C)nnc3s2)cc1NC(=O)c1cc(Cl)ccc1Cl. The van der Waals surface area contributed by atoms with Crippen molar-refractivity contribution in [3.8, 4) is 16.3 Å². The Morgan fingerprint density at radius 1 is 1.18 bits per heavy atom. The Morgan fingerprint density at radius 2 is 2.00 bits per heavy atom. The van der Waals surface area contributed by atoms with Gasteiger partial charge in [0.1, 0.15) is 10.8 Å². The molecule has 10 heteroatoms. The van der Waals surface area contributed by atoms with E-state index in [4.69, 9.17) is 27.9 Å². The summed E-state index contributed by atoms with van der Waals surface area (Å²) < 4.78 is 7.05. The number of amides is 1. The van der Waals surface area contributed by atoms with Crippen molar-refractivity contribution in [1.29, 1.82) is 0 Å². The molecule has 2 aromatic carbocycles.